The van der Waals surface area contributed by atoms with Crippen molar-refractivity contribution < 1.29 is 4.74 Å². The van der Waals surface area contributed by atoms with Crippen LogP contribution < -0.4 is 4.74 Å². The lowest BCUT2D eigenvalue weighted by atomic mass is 9.48. The molecule has 126 valence electrons. The summed E-state index contributed by atoms with van der Waals surface area (Å²) in [6.07, 6.45) is 16.4. The molecule has 5 aliphatic carbocycles. The second-order valence-corrected chi connectivity index (χ2v) is 8.96. The zero-order chi connectivity index (χ0) is 16.1. The summed E-state index contributed by atoms with van der Waals surface area (Å²) in [6.45, 7) is 2.24. The molecule has 0 aliphatic heterocycles. The molecule has 0 heterocycles. The molecule has 1 aromatic carbocycles. The Morgan fingerprint density at radius 2 is 1.54 bits per heavy atom. The van der Waals surface area contributed by atoms with E-state index < -0.39 is 0 Å². The van der Waals surface area contributed by atoms with Crippen LogP contribution in [0, 0.1) is 23.7 Å². The minimum Gasteiger partial charge on any atom is -0.461 e. The van der Waals surface area contributed by atoms with Gasteiger partial charge in [0.25, 0.3) is 0 Å². The van der Waals surface area contributed by atoms with E-state index >= 15 is 0 Å². The van der Waals surface area contributed by atoms with E-state index in [-0.39, 0.29) is 0 Å². The molecule has 0 N–H and O–H groups in total. The molecule has 6 rings (SSSR count). The first kappa shape index (κ1) is 14.8. The van der Waals surface area contributed by atoms with Crippen molar-refractivity contribution in [2.45, 2.75) is 57.3 Å². The summed E-state index contributed by atoms with van der Waals surface area (Å²) in [6, 6.07) is 9.15. The Hall–Kier alpha value is -1.50. The Morgan fingerprint density at radius 3 is 2.12 bits per heavy atom. The van der Waals surface area contributed by atoms with E-state index in [0.29, 0.717) is 11.3 Å². The average molecular weight is 320 g/mol. The summed E-state index contributed by atoms with van der Waals surface area (Å²) in [5.41, 5.74) is 2.08. The number of allylic oxidation sites excluding steroid dienone is 4. The molecule has 1 nitrogen and oxygen atoms in total. The van der Waals surface area contributed by atoms with Crippen molar-refractivity contribution >= 4 is 0 Å². The molecule has 1 atom stereocenters. The van der Waals surface area contributed by atoms with Crippen LogP contribution in [0.15, 0.2) is 48.3 Å². The van der Waals surface area contributed by atoms with Crippen LogP contribution in [-0.4, -0.2) is 0 Å². The Kier molecular flexibility index (Phi) is 3.40. The van der Waals surface area contributed by atoms with Gasteiger partial charge < -0.3 is 4.74 Å². The van der Waals surface area contributed by atoms with Gasteiger partial charge in [0.15, 0.2) is 0 Å². The van der Waals surface area contributed by atoms with Crippen LogP contribution in [0.3, 0.4) is 0 Å². The number of hydrogen-bond donors (Lipinski definition) is 0. The smallest absolute Gasteiger partial charge is 0.126 e. The van der Waals surface area contributed by atoms with Gasteiger partial charge in [-0.05, 0) is 91.9 Å². The number of rotatable bonds is 3. The Morgan fingerprint density at radius 1 is 0.917 bits per heavy atom. The largest absolute Gasteiger partial charge is 0.461 e. The molecular weight excluding hydrogens is 292 g/mol. The molecule has 0 aromatic heterocycles. The van der Waals surface area contributed by atoms with Gasteiger partial charge >= 0.3 is 0 Å². The highest BCUT2D eigenvalue weighted by Gasteiger charge is 2.51. The van der Waals surface area contributed by atoms with Gasteiger partial charge in [-0.25, -0.2) is 0 Å². The van der Waals surface area contributed by atoms with Crippen LogP contribution in [0.5, 0.6) is 5.75 Å². The molecule has 4 bridgehead atoms. The van der Waals surface area contributed by atoms with Crippen molar-refractivity contribution in [3.8, 4) is 5.75 Å². The molecule has 1 unspecified atom stereocenters. The molecule has 4 fully saturated rings. The number of ether oxygens (including phenoxy) is 1. The Labute approximate surface area is 145 Å². The zero-order valence-corrected chi connectivity index (χ0v) is 14.7. The quantitative estimate of drug-likeness (QED) is 0.662. The molecule has 0 radical (unpaired) electrons. The highest BCUT2D eigenvalue weighted by atomic mass is 16.5. The molecule has 0 amide bonds. The predicted molar refractivity (Wildman–Crippen MR) is 97.9 cm³/mol. The van der Waals surface area contributed by atoms with Crippen molar-refractivity contribution in [3.05, 3.63) is 53.8 Å². The van der Waals surface area contributed by atoms with Crippen molar-refractivity contribution in [2.24, 2.45) is 23.7 Å². The molecule has 1 heteroatoms. The van der Waals surface area contributed by atoms with Gasteiger partial charge in [-0.15, -0.1) is 0 Å². The zero-order valence-electron chi connectivity index (χ0n) is 14.7. The highest BCUT2D eigenvalue weighted by Crippen LogP contribution is 2.60. The maximum Gasteiger partial charge on any atom is 0.126 e. The third kappa shape index (κ3) is 2.44. The normalized spacial score (nSPS) is 39.8. The molecule has 24 heavy (non-hydrogen) atoms. The Bertz CT molecular complexity index is 643. The van der Waals surface area contributed by atoms with Gasteiger partial charge in [-0.1, -0.05) is 31.2 Å². The Balaban J connectivity index is 1.37. The van der Waals surface area contributed by atoms with Gasteiger partial charge in [0.05, 0.1) is 0 Å². The van der Waals surface area contributed by atoms with Crippen molar-refractivity contribution in [2.75, 3.05) is 0 Å². The second kappa shape index (κ2) is 5.51. The summed E-state index contributed by atoms with van der Waals surface area (Å²) in [5, 5.41) is 0. The van der Waals surface area contributed by atoms with E-state index in [0.717, 1.165) is 35.7 Å². The van der Waals surface area contributed by atoms with Crippen LogP contribution in [0.4, 0.5) is 0 Å². The summed E-state index contributed by atoms with van der Waals surface area (Å²) >= 11 is 0. The molecule has 0 saturated heterocycles. The summed E-state index contributed by atoms with van der Waals surface area (Å²) < 4.78 is 6.15. The molecule has 5 aliphatic rings. The van der Waals surface area contributed by atoms with Gasteiger partial charge in [0.2, 0.25) is 0 Å². The third-order valence-electron chi connectivity index (χ3n) is 7.11. The first-order valence-electron chi connectivity index (χ1n) is 9.85. The van der Waals surface area contributed by atoms with Crippen molar-refractivity contribution in [1.29, 1.82) is 0 Å². The third-order valence-corrected chi connectivity index (χ3v) is 7.11. The summed E-state index contributed by atoms with van der Waals surface area (Å²) in [4.78, 5) is 0. The van der Waals surface area contributed by atoms with E-state index in [9.17, 15) is 0 Å². The SMILES string of the molecule is CC1CC=CC=C1Oc1ccc(C23CC4CC(CC(C4)C2)C3)cc1. The fourth-order valence-corrected chi connectivity index (χ4v) is 6.34. The van der Waals surface area contributed by atoms with Gasteiger partial charge in [-0.2, -0.15) is 0 Å². The fourth-order valence-electron chi connectivity index (χ4n) is 6.34. The summed E-state index contributed by atoms with van der Waals surface area (Å²) in [5.74, 6) is 5.60. The van der Waals surface area contributed by atoms with Crippen molar-refractivity contribution in [3.63, 3.8) is 0 Å². The van der Waals surface area contributed by atoms with E-state index in [1.807, 2.05) is 0 Å². The van der Waals surface area contributed by atoms with Gasteiger partial charge in [-0.3, -0.25) is 0 Å². The van der Waals surface area contributed by atoms with Crippen LogP contribution in [0.2, 0.25) is 0 Å². The van der Waals surface area contributed by atoms with Crippen LogP contribution in [-0.2, 0) is 5.41 Å². The van der Waals surface area contributed by atoms with Crippen LogP contribution in [0.1, 0.15) is 57.4 Å². The van der Waals surface area contributed by atoms with E-state index in [1.165, 1.54) is 38.5 Å². The minimum atomic E-state index is 0.484. The maximum absolute atomic E-state index is 6.15. The number of benzene rings is 1. The first-order valence-corrected chi connectivity index (χ1v) is 9.85. The van der Waals surface area contributed by atoms with E-state index in [4.69, 9.17) is 4.74 Å². The molecule has 4 saturated carbocycles. The topological polar surface area (TPSA) is 9.23 Å². The van der Waals surface area contributed by atoms with Gasteiger partial charge in [0.1, 0.15) is 11.5 Å². The monoisotopic (exact) mass is 320 g/mol. The highest BCUT2D eigenvalue weighted by molar-refractivity contribution is 5.36. The van der Waals surface area contributed by atoms with Crippen molar-refractivity contribution in [1.82, 2.24) is 0 Å². The van der Waals surface area contributed by atoms with Gasteiger partial charge in [0, 0.05) is 5.92 Å². The lowest BCUT2D eigenvalue weighted by molar-refractivity contribution is -0.00520. The summed E-state index contributed by atoms with van der Waals surface area (Å²) in [7, 11) is 0. The molecule has 0 spiro atoms. The lowest BCUT2D eigenvalue weighted by Crippen LogP contribution is -2.48. The minimum absolute atomic E-state index is 0.484. The predicted octanol–water partition coefficient (Wildman–Crippen LogP) is 6.01. The maximum atomic E-state index is 6.15. The van der Waals surface area contributed by atoms with E-state index in [1.54, 1.807) is 5.56 Å². The molecular formula is C23H28O. The van der Waals surface area contributed by atoms with Crippen LogP contribution in [0.25, 0.3) is 0 Å². The standard InChI is InChI=1S/C23H28O/c1-16-4-2-3-5-22(16)24-21-8-6-20(7-9-21)23-13-17-10-18(14-23)12-19(11-17)15-23/h2-3,5-9,16-19H,4,10-15H2,1H3. The molecule has 1 aromatic rings. The lowest BCUT2D eigenvalue weighted by Gasteiger charge is -2.57. The first-order chi connectivity index (χ1) is 11.7. The van der Waals surface area contributed by atoms with Crippen LogP contribution >= 0.6 is 0 Å². The van der Waals surface area contributed by atoms with E-state index in [2.05, 4.69) is 49.4 Å². The average Bonchev–Trinajstić information content (AvgIpc) is 2.56. The fraction of sp³-hybridized carbons (Fsp3) is 0.565. The second-order valence-electron chi connectivity index (χ2n) is 8.96. The number of hydrogen-bond acceptors (Lipinski definition) is 1.